The fourth-order valence-electron chi connectivity index (χ4n) is 4.18. The number of nitrogens with two attached hydrogens (primary N) is 1. The van der Waals surface area contributed by atoms with Crippen molar-refractivity contribution < 1.29 is 13.6 Å². The van der Waals surface area contributed by atoms with Crippen molar-refractivity contribution in [3.63, 3.8) is 0 Å². The van der Waals surface area contributed by atoms with Crippen molar-refractivity contribution in [3.05, 3.63) is 99.7 Å². The lowest BCUT2D eigenvalue weighted by Gasteiger charge is -2.21. The molecule has 10 heteroatoms. The number of hydrogen-bond acceptors (Lipinski definition) is 5. The first-order chi connectivity index (χ1) is 17.3. The summed E-state index contributed by atoms with van der Waals surface area (Å²) < 4.78 is 30.4. The number of nitrogen functional groups attached to an aromatic ring is 1. The lowest BCUT2D eigenvalue weighted by Crippen LogP contribution is -2.32. The molecule has 0 bridgehead atoms. The van der Waals surface area contributed by atoms with E-state index in [0.717, 1.165) is 12.1 Å². The molecule has 2 aromatic carbocycles. The van der Waals surface area contributed by atoms with Crippen LogP contribution in [-0.2, 0) is 0 Å². The van der Waals surface area contributed by atoms with Crippen LogP contribution in [0.25, 0.3) is 22.1 Å². The first kappa shape index (κ1) is 22.7. The lowest BCUT2D eigenvalue weighted by molar-refractivity contribution is 0.0941. The summed E-state index contributed by atoms with van der Waals surface area (Å²) in [5, 5.41) is 7.67. The van der Waals surface area contributed by atoms with Crippen molar-refractivity contribution in [2.24, 2.45) is 0 Å². The van der Waals surface area contributed by atoms with Crippen LogP contribution in [0, 0.1) is 24.0 Å². The number of carbonyl (C=O) groups is 1. The Balaban J connectivity index is 1.68. The van der Waals surface area contributed by atoms with Crippen LogP contribution >= 0.6 is 0 Å². The zero-order chi connectivity index (χ0) is 25.6. The van der Waals surface area contributed by atoms with Crippen LogP contribution in [0.15, 0.2) is 65.7 Å². The molecule has 1 amide bonds. The maximum absolute atomic E-state index is 14.2. The van der Waals surface area contributed by atoms with Gasteiger partial charge in [0.2, 0.25) is 0 Å². The molecule has 5 rings (SSSR count). The molecule has 0 unspecified atom stereocenters. The minimum absolute atomic E-state index is 0.0198. The number of carbonyl (C=O) groups excluding carboxylic acids is 1. The highest BCUT2D eigenvalue weighted by molar-refractivity contribution is 6.04. The molecule has 0 aliphatic carbocycles. The summed E-state index contributed by atoms with van der Waals surface area (Å²) >= 11 is 0. The lowest BCUT2D eigenvalue weighted by atomic mass is 10.0. The van der Waals surface area contributed by atoms with Crippen molar-refractivity contribution >= 4 is 28.1 Å². The fourth-order valence-corrected chi connectivity index (χ4v) is 4.18. The molecule has 1 atom stereocenters. The van der Waals surface area contributed by atoms with Crippen LogP contribution < -0.4 is 16.6 Å². The Kier molecular flexibility index (Phi) is 5.45. The third kappa shape index (κ3) is 3.63. The van der Waals surface area contributed by atoms with Gasteiger partial charge in [-0.1, -0.05) is 18.1 Å². The number of nitrogens with zero attached hydrogens (tertiary/aromatic N) is 4. The Morgan fingerprint density at radius 2 is 1.97 bits per heavy atom. The molecule has 36 heavy (non-hydrogen) atoms. The van der Waals surface area contributed by atoms with E-state index in [1.54, 1.807) is 43.5 Å². The number of pyridine rings is 1. The SMILES string of the molecule is C#Cc1cccc2cc([C@@H](C)NC(=O)c3c(N)nn4cccnc34)n(-c3ccc(F)c(F)c3)c(=O)c12. The molecular weight excluding hydrogens is 466 g/mol. The van der Waals surface area contributed by atoms with Crippen LogP contribution in [0.3, 0.4) is 0 Å². The van der Waals surface area contributed by atoms with Gasteiger partial charge in [-0.25, -0.2) is 18.3 Å². The predicted octanol–water partition coefficient (Wildman–Crippen LogP) is 3.37. The largest absolute Gasteiger partial charge is 0.381 e. The molecule has 0 aliphatic rings. The Hall–Kier alpha value is -5.04. The maximum Gasteiger partial charge on any atom is 0.264 e. The fraction of sp³-hybridized carbons (Fsp3) is 0.0769. The van der Waals surface area contributed by atoms with Crippen molar-refractivity contribution in [1.29, 1.82) is 0 Å². The quantitative estimate of drug-likeness (QED) is 0.381. The van der Waals surface area contributed by atoms with Crippen molar-refractivity contribution in [3.8, 4) is 18.0 Å². The summed E-state index contributed by atoms with van der Waals surface area (Å²) in [5.41, 5.74) is 6.48. The van der Waals surface area contributed by atoms with E-state index in [-0.39, 0.29) is 28.1 Å². The molecule has 0 saturated heterocycles. The molecule has 3 N–H and O–H groups in total. The Labute approximate surface area is 203 Å². The van der Waals surface area contributed by atoms with E-state index < -0.39 is 29.1 Å². The summed E-state index contributed by atoms with van der Waals surface area (Å²) in [6.07, 6.45) is 8.71. The van der Waals surface area contributed by atoms with Crippen LogP contribution in [0.5, 0.6) is 0 Å². The third-order valence-corrected chi connectivity index (χ3v) is 5.83. The normalized spacial score (nSPS) is 11.9. The van der Waals surface area contributed by atoms with Crippen LogP contribution in [0.2, 0.25) is 0 Å². The first-order valence-corrected chi connectivity index (χ1v) is 10.8. The van der Waals surface area contributed by atoms with Gasteiger partial charge in [0.15, 0.2) is 23.1 Å². The van der Waals surface area contributed by atoms with Gasteiger partial charge in [-0.15, -0.1) is 11.5 Å². The summed E-state index contributed by atoms with van der Waals surface area (Å²) in [4.78, 5) is 31.0. The molecule has 0 aliphatic heterocycles. The molecule has 178 valence electrons. The summed E-state index contributed by atoms with van der Waals surface area (Å²) in [7, 11) is 0. The molecule has 3 aromatic heterocycles. The second-order valence-electron chi connectivity index (χ2n) is 8.07. The topological polar surface area (TPSA) is 107 Å². The van der Waals surface area contributed by atoms with Crippen LogP contribution in [0.1, 0.15) is 34.6 Å². The van der Waals surface area contributed by atoms with E-state index in [9.17, 15) is 18.4 Å². The third-order valence-electron chi connectivity index (χ3n) is 5.83. The van der Waals surface area contributed by atoms with Crippen molar-refractivity contribution in [2.75, 3.05) is 5.73 Å². The van der Waals surface area contributed by atoms with Gasteiger partial charge in [-0.2, -0.15) is 0 Å². The van der Waals surface area contributed by atoms with E-state index in [0.29, 0.717) is 16.6 Å². The van der Waals surface area contributed by atoms with Gasteiger partial charge in [-0.3, -0.25) is 14.2 Å². The highest BCUT2D eigenvalue weighted by Crippen LogP contribution is 2.25. The monoisotopic (exact) mass is 484 g/mol. The number of nitrogens with one attached hydrogen (secondary N) is 1. The molecular formula is C26H18F2N6O2. The number of amides is 1. The highest BCUT2D eigenvalue weighted by atomic mass is 19.2. The van der Waals surface area contributed by atoms with E-state index in [4.69, 9.17) is 12.2 Å². The van der Waals surface area contributed by atoms with Gasteiger partial charge in [0.1, 0.15) is 5.56 Å². The van der Waals surface area contributed by atoms with Gasteiger partial charge in [0, 0.05) is 29.7 Å². The number of anilines is 1. The summed E-state index contributed by atoms with van der Waals surface area (Å²) in [5.74, 6) is -0.295. The molecule has 0 spiro atoms. The van der Waals surface area contributed by atoms with Gasteiger partial charge in [0.05, 0.1) is 17.1 Å². The Morgan fingerprint density at radius 3 is 2.72 bits per heavy atom. The molecule has 0 radical (unpaired) electrons. The molecule has 3 heterocycles. The molecule has 8 nitrogen and oxygen atoms in total. The van der Waals surface area contributed by atoms with Crippen molar-refractivity contribution in [1.82, 2.24) is 24.5 Å². The van der Waals surface area contributed by atoms with Gasteiger partial charge in [-0.05, 0) is 42.6 Å². The zero-order valence-electron chi connectivity index (χ0n) is 18.9. The van der Waals surface area contributed by atoms with Crippen molar-refractivity contribution in [2.45, 2.75) is 13.0 Å². The summed E-state index contributed by atoms with van der Waals surface area (Å²) in [6.45, 7) is 1.65. The minimum atomic E-state index is -1.13. The Bertz CT molecular complexity index is 1780. The molecule has 0 fully saturated rings. The number of rotatable bonds is 4. The average molecular weight is 484 g/mol. The van der Waals surface area contributed by atoms with Gasteiger partial charge < -0.3 is 11.1 Å². The highest BCUT2D eigenvalue weighted by Gasteiger charge is 2.24. The zero-order valence-corrected chi connectivity index (χ0v) is 18.9. The number of terminal acetylenes is 1. The second kappa shape index (κ2) is 8.63. The average Bonchev–Trinajstić information content (AvgIpc) is 3.21. The van der Waals surface area contributed by atoms with Gasteiger partial charge in [0.25, 0.3) is 11.5 Å². The first-order valence-electron chi connectivity index (χ1n) is 10.8. The maximum atomic E-state index is 14.2. The van der Waals surface area contributed by atoms with Gasteiger partial charge >= 0.3 is 0 Å². The number of hydrogen-bond donors (Lipinski definition) is 2. The van der Waals surface area contributed by atoms with Crippen LogP contribution in [-0.4, -0.2) is 25.1 Å². The number of halogens is 2. The van der Waals surface area contributed by atoms with E-state index in [1.165, 1.54) is 21.3 Å². The number of fused-ring (bicyclic) bond motifs is 2. The Morgan fingerprint density at radius 1 is 1.17 bits per heavy atom. The number of benzene rings is 2. The number of aromatic nitrogens is 4. The van der Waals surface area contributed by atoms with E-state index >= 15 is 0 Å². The minimum Gasteiger partial charge on any atom is -0.381 e. The van der Waals surface area contributed by atoms with Crippen LogP contribution in [0.4, 0.5) is 14.6 Å². The summed E-state index contributed by atoms with van der Waals surface area (Å²) in [6, 6.07) is 10.7. The standard InChI is InChI=1S/C26H18F2N6O2/c1-3-15-6-4-7-16-12-20(34(26(36)21(15)16)17-8-9-18(27)19(28)13-17)14(2)31-25(35)22-23(29)32-33-11-5-10-30-24(22)33/h1,4-14H,2H3,(H2,29,32)(H,31,35)/t14-/m1/s1. The second-order valence-corrected chi connectivity index (χ2v) is 8.07. The van der Waals surface area contributed by atoms with E-state index in [1.807, 2.05) is 0 Å². The van der Waals surface area contributed by atoms with E-state index in [2.05, 4.69) is 21.3 Å². The molecule has 5 aromatic rings. The predicted molar refractivity (Wildman–Crippen MR) is 131 cm³/mol. The smallest absolute Gasteiger partial charge is 0.264 e. The molecule has 0 saturated carbocycles.